The van der Waals surface area contributed by atoms with Crippen LogP contribution in [0.25, 0.3) is 0 Å². The highest BCUT2D eigenvalue weighted by molar-refractivity contribution is 7.89. The highest BCUT2D eigenvalue weighted by atomic mass is 32.2. The predicted octanol–water partition coefficient (Wildman–Crippen LogP) is 3.08. The minimum Gasteiger partial charge on any atom is -0.496 e. The molecule has 2 aromatic carbocycles. The minimum absolute atomic E-state index is 0.257. The largest absolute Gasteiger partial charge is 0.496 e. The highest BCUT2D eigenvalue weighted by Crippen LogP contribution is 2.22. The summed E-state index contributed by atoms with van der Waals surface area (Å²) in [6.07, 6.45) is 2.48. The molecule has 1 N–H and O–H groups in total. The molecule has 0 aromatic heterocycles. The monoisotopic (exact) mass is 374 g/mol. The normalized spacial score (nSPS) is 15.3. The number of sulfonamides is 1. The van der Waals surface area contributed by atoms with Crippen LogP contribution in [0.1, 0.15) is 29.5 Å². The van der Waals surface area contributed by atoms with Gasteiger partial charge in [-0.25, -0.2) is 13.1 Å². The van der Waals surface area contributed by atoms with Crippen molar-refractivity contribution in [2.75, 3.05) is 20.2 Å². The third kappa shape index (κ3) is 4.44. The second-order valence-electron chi connectivity index (χ2n) is 6.71. The number of likely N-dealkylation sites (tertiary alicyclic amines) is 1. The first-order chi connectivity index (χ1) is 12.5. The second kappa shape index (κ2) is 8.20. The lowest BCUT2D eigenvalue weighted by Crippen LogP contribution is -2.25. The van der Waals surface area contributed by atoms with Gasteiger partial charge in [0, 0.05) is 13.1 Å². The van der Waals surface area contributed by atoms with E-state index < -0.39 is 10.0 Å². The van der Waals surface area contributed by atoms with Crippen molar-refractivity contribution in [3.05, 3.63) is 59.2 Å². The molecule has 3 rings (SSSR count). The number of aryl methyl sites for hydroxylation is 1. The summed E-state index contributed by atoms with van der Waals surface area (Å²) < 4.78 is 33.2. The first-order valence-electron chi connectivity index (χ1n) is 8.93. The summed E-state index contributed by atoms with van der Waals surface area (Å²) in [6, 6.07) is 12.9. The van der Waals surface area contributed by atoms with Crippen molar-refractivity contribution < 1.29 is 13.2 Å². The fourth-order valence-corrected chi connectivity index (χ4v) is 4.43. The number of hydrogen-bond donors (Lipinski definition) is 1. The van der Waals surface area contributed by atoms with Crippen LogP contribution in [0, 0.1) is 6.92 Å². The maximum absolute atomic E-state index is 12.7. The molecule has 0 bridgehead atoms. The molecule has 1 fully saturated rings. The molecule has 1 saturated heterocycles. The van der Waals surface area contributed by atoms with E-state index in [1.165, 1.54) is 18.4 Å². The van der Waals surface area contributed by atoms with E-state index in [1.54, 1.807) is 25.3 Å². The van der Waals surface area contributed by atoms with Crippen LogP contribution in [0.5, 0.6) is 5.75 Å². The van der Waals surface area contributed by atoms with Crippen LogP contribution in [-0.4, -0.2) is 33.5 Å². The number of nitrogens with one attached hydrogen (secondary N) is 1. The molecular weight excluding hydrogens is 348 g/mol. The lowest BCUT2D eigenvalue weighted by atomic mass is 10.1. The van der Waals surface area contributed by atoms with E-state index in [0.29, 0.717) is 5.75 Å². The first kappa shape index (κ1) is 18.9. The van der Waals surface area contributed by atoms with Crippen molar-refractivity contribution in [2.24, 2.45) is 0 Å². The average molecular weight is 375 g/mol. The van der Waals surface area contributed by atoms with E-state index in [2.05, 4.69) is 15.7 Å². The molecule has 0 spiro atoms. The van der Waals surface area contributed by atoms with Crippen LogP contribution in [0.4, 0.5) is 0 Å². The van der Waals surface area contributed by atoms with Crippen LogP contribution in [0.2, 0.25) is 0 Å². The first-order valence-corrected chi connectivity index (χ1v) is 10.4. The van der Waals surface area contributed by atoms with E-state index in [9.17, 15) is 8.42 Å². The number of methoxy groups -OCH3 is 1. The van der Waals surface area contributed by atoms with Gasteiger partial charge in [-0.05, 0) is 67.7 Å². The lowest BCUT2D eigenvalue weighted by molar-refractivity contribution is 0.330. The molecule has 1 heterocycles. The molecule has 6 heteroatoms. The van der Waals surface area contributed by atoms with Crippen molar-refractivity contribution in [3.8, 4) is 5.75 Å². The summed E-state index contributed by atoms with van der Waals surface area (Å²) in [4.78, 5) is 2.67. The predicted molar refractivity (Wildman–Crippen MR) is 103 cm³/mol. The van der Waals surface area contributed by atoms with Crippen LogP contribution < -0.4 is 9.46 Å². The molecule has 140 valence electrons. The third-order valence-electron chi connectivity index (χ3n) is 4.84. The van der Waals surface area contributed by atoms with Gasteiger partial charge >= 0.3 is 0 Å². The third-order valence-corrected chi connectivity index (χ3v) is 6.24. The van der Waals surface area contributed by atoms with Crippen molar-refractivity contribution in [2.45, 2.75) is 37.8 Å². The number of nitrogens with zero attached hydrogens (tertiary/aromatic N) is 1. The summed E-state index contributed by atoms with van der Waals surface area (Å²) in [6.45, 7) is 5.23. The Labute approximate surface area is 156 Å². The maximum Gasteiger partial charge on any atom is 0.240 e. The molecule has 0 radical (unpaired) electrons. The van der Waals surface area contributed by atoms with Crippen LogP contribution in [0.15, 0.2) is 47.4 Å². The van der Waals surface area contributed by atoms with Gasteiger partial charge < -0.3 is 4.74 Å². The Morgan fingerprint density at radius 1 is 1.08 bits per heavy atom. The molecule has 2 aromatic rings. The molecule has 0 amide bonds. The topological polar surface area (TPSA) is 58.6 Å². The van der Waals surface area contributed by atoms with E-state index >= 15 is 0 Å². The van der Waals surface area contributed by atoms with E-state index in [0.717, 1.165) is 30.8 Å². The Balaban J connectivity index is 1.72. The fraction of sp³-hybridized carbons (Fsp3) is 0.400. The number of benzene rings is 2. The summed E-state index contributed by atoms with van der Waals surface area (Å²) in [5.41, 5.74) is 3.00. The van der Waals surface area contributed by atoms with E-state index in [4.69, 9.17) is 4.74 Å². The van der Waals surface area contributed by atoms with E-state index in [-0.39, 0.29) is 11.4 Å². The Kier molecular flexibility index (Phi) is 5.96. The van der Waals surface area contributed by atoms with Gasteiger partial charge in [0.25, 0.3) is 0 Å². The van der Waals surface area contributed by atoms with Crippen molar-refractivity contribution in [1.82, 2.24) is 9.62 Å². The van der Waals surface area contributed by atoms with Crippen molar-refractivity contribution >= 4 is 10.0 Å². The Morgan fingerprint density at radius 2 is 1.77 bits per heavy atom. The van der Waals surface area contributed by atoms with Crippen LogP contribution in [0.3, 0.4) is 0 Å². The van der Waals surface area contributed by atoms with Crippen molar-refractivity contribution in [3.63, 3.8) is 0 Å². The van der Waals surface area contributed by atoms with Gasteiger partial charge in [0.1, 0.15) is 5.75 Å². The molecule has 1 aliphatic heterocycles. The maximum atomic E-state index is 12.7. The zero-order valence-electron chi connectivity index (χ0n) is 15.4. The lowest BCUT2D eigenvalue weighted by Gasteiger charge is -2.18. The van der Waals surface area contributed by atoms with Gasteiger partial charge in [-0.15, -0.1) is 0 Å². The molecule has 0 atom stereocenters. The molecule has 0 aliphatic carbocycles. The van der Waals surface area contributed by atoms with Gasteiger partial charge in [0.05, 0.1) is 12.0 Å². The SMILES string of the molecule is COc1ccc(S(=O)(=O)NCc2ccccc2CN2CCCC2)cc1C. The smallest absolute Gasteiger partial charge is 0.240 e. The zero-order chi connectivity index (χ0) is 18.6. The molecule has 0 unspecified atom stereocenters. The summed E-state index contributed by atoms with van der Waals surface area (Å²) in [7, 11) is -1.99. The van der Waals surface area contributed by atoms with Gasteiger partial charge in [-0.2, -0.15) is 0 Å². The van der Waals surface area contributed by atoms with Crippen LogP contribution in [-0.2, 0) is 23.1 Å². The number of ether oxygens (including phenoxy) is 1. The fourth-order valence-electron chi connectivity index (χ4n) is 3.34. The van der Waals surface area contributed by atoms with Gasteiger partial charge in [-0.3, -0.25) is 4.90 Å². The molecule has 1 aliphatic rings. The highest BCUT2D eigenvalue weighted by Gasteiger charge is 2.17. The summed E-state index contributed by atoms with van der Waals surface area (Å²) in [5.74, 6) is 0.680. The molecule has 5 nitrogen and oxygen atoms in total. The van der Waals surface area contributed by atoms with Gasteiger partial charge in [-0.1, -0.05) is 24.3 Å². The number of hydrogen-bond acceptors (Lipinski definition) is 4. The van der Waals surface area contributed by atoms with Gasteiger partial charge in [0.15, 0.2) is 0 Å². The van der Waals surface area contributed by atoms with Crippen LogP contribution >= 0.6 is 0 Å². The Hall–Kier alpha value is -1.89. The summed E-state index contributed by atoms with van der Waals surface area (Å²) in [5, 5.41) is 0. The average Bonchev–Trinajstić information content (AvgIpc) is 3.14. The Morgan fingerprint density at radius 3 is 2.42 bits per heavy atom. The number of rotatable bonds is 7. The molecular formula is C20H26N2O3S. The minimum atomic E-state index is -3.57. The Bertz CT molecular complexity index is 859. The quantitative estimate of drug-likeness (QED) is 0.809. The molecule has 26 heavy (non-hydrogen) atoms. The van der Waals surface area contributed by atoms with Crippen molar-refractivity contribution in [1.29, 1.82) is 0 Å². The standard InChI is InChI=1S/C20H26N2O3S/c1-16-13-19(9-10-20(16)25-2)26(23,24)21-14-17-7-3-4-8-18(17)15-22-11-5-6-12-22/h3-4,7-10,13,21H,5-6,11-12,14-15H2,1-2H3. The molecule has 0 saturated carbocycles. The summed E-state index contributed by atoms with van der Waals surface area (Å²) >= 11 is 0. The second-order valence-corrected chi connectivity index (χ2v) is 8.47. The van der Waals surface area contributed by atoms with Gasteiger partial charge in [0.2, 0.25) is 10.0 Å². The van der Waals surface area contributed by atoms with E-state index in [1.807, 2.05) is 25.1 Å². The zero-order valence-corrected chi connectivity index (χ0v) is 16.2.